The first-order valence-corrected chi connectivity index (χ1v) is 6.51. The van der Waals surface area contributed by atoms with Gasteiger partial charge in [0.25, 0.3) is 0 Å². The molecule has 6 heteroatoms. The Kier molecular flexibility index (Phi) is 4.42. The Morgan fingerprint density at radius 1 is 1.10 bits per heavy atom. The Labute approximate surface area is 124 Å². The van der Waals surface area contributed by atoms with Crippen LogP contribution in [-0.4, -0.2) is 0 Å². The Bertz CT molecular complexity index is 653. The van der Waals surface area contributed by atoms with Crippen molar-refractivity contribution in [3.05, 3.63) is 63.9 Å². The van der Waals surface area contributed by atoms with Crippen molar-refractivity contribution in [1.82, 2.24) is 0 Å². The number of benzene rings is 2. The zero-order valence-electron chi connectivity index (χ0n) is 11.1. The quantitative estimate of drug-likeness (QED) is 0.745. The highest BCUT2D eigenvalue weighted by molar-refractivity contribution is 6.31. The van der Waals surface area contributed by atoms with Crippen LogP contribution in [0.3, 0.4) is 0 Å². The SMILES string of the molecule is Cc1ccc(NCc2ccc(F)c(C(F)(F)F)c2)cc1Cl. The molecule has 0 atom stereocenters. The fourth-order valence-electron chi connectivity index (χ4n) is 1.81. The molecule has 0 saturated heterocycles. The summed E-state index contributed by atoms with van der Waals surface area (Å²) in [5.41, 5.74) is 0.663. The van der Waals surface area contributed by atoms with E-state index in [4.69, 9.17) is 11.6 Å². The Balaban J connectivity index is 2.15. The van der Waals surface area contributed by atoms with Crippen molar-refractivity contribution in [2.45, 2.75) is 19.6 Å². The minimum atomic E-state index is -4.70. The van der Waals surface area contributed by atoms with Crippen LogP contribution in [0, 0.1) is 12.7 Å². The largest absolute Gasteiger partial charge is 0.419 e. The molecule has 0 spiro atoms. The predicted molar refractivity (Wildman–Crippen MR) is 74.9 cm³/mol. The molecular weight excluding hydrogens is 306 g/mol. The van der Waals surface area contributed by atoms with E-state index in [2.05, 4.69) is 5.32 Å². The van der Waals surface area contributed by atoms with E-state index in [9.17, 15) is 17.6 Å². The van der Waals surface area contributed by atoms with Gasteiger partial charge in [-0.1, -0.05) is 23.7 Å². The molecule has 0 radical (unpaired) electrons. The maximum atomic E-state index is 13.2. The normalized spacial score (nSPS) is 11.5. The number of halogens is 5. The molecule has 0 amide bonds. The number of alkyl halides is 3. The third-order valence-electron chi connectivity index (χ3n) is 3.00. The highest BCUT2D eigenvalue weighted by atomic mass is 35.5. The molecule has 2 aromatic carbocycles. The van der Waals surface area contributed by atoms with Gasteiger partial charge in [-0.05, 0) is 42.3 Å². The predicted octanol–water partition coefficient (Wildman–Crippen LogP) is 5.42. The topological polar surface area (TPSA) is 12.0 Å². The van der Waals surface area contributed by atoms with E-state index in [1.54, 1.807) is 18.2 Å². The molecule has 0 heterocycles. The lowest BCUT2D eigenvalue weighted by Crippen LogP contribution is -2.10. The van der Waals surface area contributed by atoms with Gasteiger partial charge in [0.1, 0.15) is 5.82 Å². The lowest BCUT2D eigenvalue weighted by atomic mass is 10.1. The summed E-state index contributed by atoms with van der Waals surface area (Å²) in [5.74, 6) is -1.27. The van der Waals surface area contributed by atoms with Crippen molar-refractivity contribution in [1.29, 1.82) is 0 Å². The second-order valence-electron chi connectivity index (χ2n) is 4.63. The van der Waals surface area contributed by atoms with Crippen LogP contribution >= 0.6 is 11.6 Å². The second-order valence-corrected chi connectivity index (χ2v) is 5.04. The highest BCUT2D eigenvalue weighted by Gasteiger charge is 2.34. The molecule has 0 aliphatic rings. The zero-order valence-corrected chi connectivity index (χ0v) is 11.8. The highest BCUT2D eigenvalue weighted by Crippen LogP contribution is 2.32. The summed E-state index contributed by atoms with van der Waals surface area (Å²) in [6.45, 7) is 1.99. The van der Waals surface area contributed by atoms with Crippen molar-refractivity contribution >= 4 is 17.3 Å². The Hall–Kier alpha value is -1.75. The lowest BCUT2D eigenvalue weighted by molar-refractivity contribution is -0.140. The Morgan fingerprint density at radius 3 is 2.43 bits per heavy atom. The van der Waals surface area contributed by atoms with E-state index >= 15 is 0 Å². The molecule has 1 nitrogen and oxygen atoms in total. The van der Waals surface area contributed by atoms with Crippen LogP contribution in [0.25, 0.3) is 0 Å². The molecule has 1 N–H and O–H groups in total. The summed E-state index contributed by atoms with van der Waals surface area (Å²) in [6.07, 6.45) is -4.70. The first-order chi connectivity index (χ1) is 9.77. The first-order valence-electron chi connectivity index (χ1n) is 6.13. The van der Waals surface area contributed by atoms with Crippen LogP contribution in [0.1, 0.15) is 16.7 Å². The van der Waals surface area contributed by atoms with Gasteiger partial charge in [-0.25, -0.2) is 4.39 Å². The minimum Gasteiger partial charge on any atom is -0.381 e. The molecule has 0 fully saturated rings. The molecule has 0 aliphatic heterocycles. The molecular formula is C15H12ClF4N. The summed E-state index contributed by atoms with van der Waals surface area (Å²) in [6, 6.07) is 8.20. The fourth-order valence-corrected chi connectivity index (χ4v) is 1.99. The van der Waals surface area contributed by atoms with E-state index in [1.165, 1.54) is 6.07 Å². The van der Waals surface area contributed by atoms with Crippen LogP contribution in [0.15, 0.2) is 36.4 Å². The number of nitrogens with one attached hydrogen (secondary N) is 1. The number of anilines is 1. The van der Waals surface area contributed by atoms with Gasteiger partial charge in [-0.3, -0.25) is 0 Å². The molecule has 0 bridgehead atoms. The van der Waals surface area contributed by atoms with Crippen LogP contribution in [0.5, 0.6) is 0 Å². The van der Waals surface area contributed by atoms with Crippen molar-refractivity contribution in [3.63, 3.8) is 0 Å². The van der Waals surface area contributed by atoms with E-state index in [0.717, 1.165) is 17.7 Å². The maximum Gasteiger partial charge on any atom is 0.419 e. The molecule has 0 aromatic heterocycles. The monoisotopic (exact) mass is 317 g/mol. The van der Waals surface area contributed by atoms with Gasteiger partial charge in [0, 0.05) is 17.3 Å². The molecule has 2 aromatic rings. The van der Waals surface area contributed by atoms with Gasteiger partial charge in [0.15, 0.2) is 0 Å². The molecule has 0 unspecified atom stereocenters. The van der Waals surface area contributed by atoms with E-state index < -0.39 is 17.6 Å². The third kappa shape index (κ3) is 3.88. The van der Waals surface area contributed by atoms with Crippen molar-refractivity contribution in [2.24, 2.45) is 0 Å². The maximum absolute atomic E-state index is 13.2. The average Bonchev–Trinajstić information content (AvgIpc) is 2.40. The molecule has 0 aliphatic carbocycles. The van der Waals surface area contributed by atoms with E-state index in [1.807, 2.05) is 6.92 Å². The van der Waals surface area contributed by atoms with Crippen molar-refractivity contribution < 1.29 is 17.6 Å². The molecule has 2 rings (SSSR count). The zero-order chi connectivity index (χ0) is 15.6. The average molecular weight is 318 g/mol. The van der Waals surface area contributed by atoms with Crippen molar-refractivity contribution in [2.75, 3.05) is 5.32 Å². The van der Waals surface area contributed by atoms with Gasteiger partial charge in [0.2, 0.25) is 0 Å². The number of hydrogen-bond donors (Lipinski definition) is 1. The summed E-state index contributed by atoms with van der Waals surface area (Å²) < 4.78 is 51.0. The molecule has 0 saturated carbocycles. The van der Waals surface area contributed by atoms with E-state index in [-0.39, 0.29) is 6.54 Å². The minimum absolute atomic E-state index is 0.142. The number of rotatable bonds is 3. The van der Waals surface area contributed by atoms with Crippen molar-refractivity contribution in [3.8, 4) is 0 Å². The van der Waals surface area contributed by atoms with Gasteiger partial charge in [-0.15, -0.1) is 0 Å². The van der Waals surface area contributed by atoms with Gasteiger partial charge in [-0.2, -0.15) is 13.2 Å². The van der Waals surface area contributed by atoms with Crippen LogP contribution in [-0.2, 0) is 12.7 Å². The van der Waals surface area contributed by atoms with Crippen LogP contribution in [0.2, 0.25) is 5.02 Å². The summed E-state index contributed by atoms with van der Waals surface area (Å²) >= 11 is 5.96. The smallest absolute Gasteiger partial charge is 0.381 e. The van der Waals surface area contributed by atoms with Gasteiger partial charge >= 0.3 is 6.18 Å². The summed E-state index contributed by atoms with van der Waals surface area (Å²) in [4.78, 5) is 0. The summed E-state index contributed by atoms with van der Waals surface area (Å²) in [5, 5.41) is 3.52. The first kappa shape index (κ1) is 15.6. The van der Waals surface area contributed by atoms with Gasteiger partial charge < -0.3 is 5.32 Å². The van der Waals surface area contributed by atoms with Gasteiger partial charge in [0.05, 0.1) is 5.56 Å². The van der Waals surface area contributed by atoms with Crippen LogP contribution < -0.4 is 5.32 Å². The number of hydrogen-bond acceptors (Lipinski definition) is 1. The molecule has 21 heavy (non-hydrogen) atoms. The third-order valence-corrected chi connectivity index (χ3v) is 3.41. The van der Waals surface area contributed by atoms with E-state index in [0.29, 0.717) is 16.3 Å². The number of aryl methyl sites for hydroxylation is 1. The fraction of sp³-hybridized carbons (Fsp3) is 0.200. The Morgan fingerprint density at radius 2 is 1.81 bits per heavy atom. The standard InChI is InChI=1S/C15H12ClF4N/c1-9-2-4-11(7-13(9)16)21-8-10-3-5-14(17)12(6-10)15(18,19)20/h2-7,21H,8H2,1H3. The summed E-state index contributed by atoms with van der Waals surface area (Å²) in [7, 11) is 0. The lowest BCUT2D eigenvalue weighted by Gasteiger charge is -2.12. The second kappa shape index (κ2) is 5.93. The van der Waals surface area contributed by atoms with Crippen LogP contribution in [0.4, 0.5) is 23.2 Å². The molecule has 112 valence electrons.